The van der Waals surface area contributed by atoms with E-state index in [1.165, 1.54) is 57.8 Å². The van der Waals surface area contributed by atoms with Crippen molar-refractivity contribution < 1.29 is 0 Å². The third-order valence-corrected chi connectivity index (χ3v) is 3.57. The fourth-order valence-corrected chi connectivity index (χ4v) is 2.29. The van der Waals surface area contributed by atoms with E-state index in [0.29, 0.717) is 4.77 Å². The fourth-order valence-electron chi connectivity index (χ4n) is 2.12. The second-order valence-electron chi connectivity index (χ2n) is 4.92. The summed E-state index contributed by atoms with van der Waals surface area (Å²) in [5.41, 5.74) is 0. The van der Waals surface area contributed by atoms with Crippen LogP contribution in [0, 0.1) is 4.77 Å². The van der Waals surface area contributed by atoms with Gasteiger partial charge in [0.25, 0.3) is 0 Å². The lowest BCUT2D eigenvalue weighted by Crippen LogP contribution is -2.00. The summed E-state index contributed by atoms with van der Waals surface area (Å²) in [5.74, 6) is 0. The van der Waals surface area contributed by atoms with Crippen molar-refractivity contribution in [1.82, 2.24) is 20.2 Å². The summed E-state index contributed by atoms with van der Waals surface area (Å²) >= 11 is 5.01. The van der Waals surface area contributed by atoms with Crippen LogP contribution in [0.25, 0.3) is 0 Å². The molecule has 0 aliphatic carbocycles. The molecule has 0 aromatic carbocycles. The zero-order valence-electron chi connectivity index (χ0n) is 11.5. The van der Waals surface area contributed by atoms with Gasteiger partial charge in [-0.15, -0.1) is 0 Å². The zero-order chi connectivity index (χ0) is 13.1. The lowest BCUT2D eigenvalue weighted by Gasteiger charge is -2.02. The lowest BCUT2D eigenvalue weighted by atomic mass is 10.1. The Labute approximate surface area is 115 Å². The van der Waals surface area contributed by atoms with Crippen LogP contribution < -0.4 is 0 Å². The number of unbranched alkanes of at least 4 members (excludes halogenated alkanes) is 9. The molecule has 0 bridgehead atoms. The van der Waals surface area contributed by atoms with Gasteiger partial charge in [-0.3, -0.25) is 0 Å². The van der Waals surface area contributed by atoms with E-state index in [2.05, 4.69) is 22.4 Å². The maximum atomic E-state index is 5.01. The van der Waals surface area contributed by atoms with Crippen LogP contribution in [0.3, 0.4) is 0 Å². The molecule has 0 unspecified atom stereocenters. The molecule has 0 aliphatic heterocycles. The monoisotopic (exact) mass is 270 g/mol. The predicted octanol–water partition coefficient (Wildman–Crippen LogP) is 4.26. The van der Waals surface area contributed by atoms with Crippen LogP contribution in [0.5, 0.6) is 0 Å². The first kappa shape index (κ1) is 15.3. The van der Waals surface area contributed by atoms with Gasteiger partial charge >= 0.3 is 0 Å². The van der Waals surface area contributed by atoms with Crippen molar-refractivity contribution in [3.63, 3.8) is 0 Å². The molecule has 1 N–H and O–H groups in total. The average molecular weight is 270 g/mol. The van der Waals surface area contributed by atoms with Gasteiger partial charge in [-0.1, -0.05) is 75.0 Å². The van der Waals surface area contributed by atoms with E-state index in [9.17, 15) is 0 Å². The molecule has 0 radical (unpaired) electrons. The van der Waals surface area contributed by atoms with Crippen molar-refractivity contribution in [2.45, 2.75) is 77.7 Å². The van der Waals surface area contributed by atoms with E-state index >= 15 is 0 Å². The number of aromatic nitrogens is 4. The number of hydrogen-bond donors (Lipinski definition) is 1. The molecule has 1 heterocycles. The third kappa shape index (κ3) is 6.89. The van der Waals surface area contributed by atoms with E-state index in [-0.39, 0.29) is 0 Å². The molecular formula is C13H26N4S. The summed E-state index contributed by atoms with van der Waals surface area (Å²) in [5, 5.41) is 10.2. The van der Waals surface area contributed by atoms with Gasteiger partial charge in [-0.25, -0.2) is 4.68 Å². The van der Waals surface area contributed by atoms with Crippen molar-refractivity contribution in [3.8, 4) is 0 Å². The molecule has 104 valence electrons. The molecule has 1 aromatic heterocycles. The summed E-state index contributed by atoms with van der Waals surface area (Å²) in [4.78, 5) is 0. The Hall–Kier alpha value is -0.710. The maximum absolute atomic E-state index is 5.01. The highest BCUT2D eigenvalue weighted by Crippen LogP contribution is 2.10. The molecule has 5 heteroatoms. The quantitative estimate of drug-likeness (QED) is 0.483. The molecule has 4 nitrogen and oxygen atoms in total. The number of nitrogens with zero attached hydrogens (tertiary/aromatic N) is 3. The van der Waals surface area contributed by atoms with Crippen LogP contribution in [-0.4, -0.2) is 20.2 Å². The van der Waals surface area contributed by atoms with E-state index in [4.69, 9.17) is 12.2 Å². The topological polar surface area (TPSA) is 46.5 Å². The van der Waals surface area contributed by atoms with Crippen molar-refractivity contribution in [3.05, 3.63) is 4.77 Å². The molecule has 0 spiro atoms. The Bertz CT molecular complexity index is 345. The Kier molecular flexibility index (Phi) is 8.73. The molecule has 1 aromatic rings. The normalized spacial score (nSPS) is 10.9. The first-order chi connectivity index (χ1) is 8.84. The molecule has 0 atom stereocenters. The van der Waals surface area contributed by atoms with Crippen molar-refractivity contribution >= 4 is 12.2 Å². The second kappa shape index (κ2) is 10.2. The van der Waals surface area contributed by atoms with Gasteiger partial charge in [0.2, 0.25) is 4.77 Å². The zero-order valence-corrected chi connectivity index (χ0v) is 12.3. The first-order valence-corrected chi connectivity index (χ1v) is 7.73. The maximum Gasteiger partial charge on any atom is 0.238 e. The van der Waals surface area contributed by atoms with Crippen LogP contribution in [0.15, 0.2) is 0 Å². The molecule has 0 aliphatic rings. The number of tetrazole rings is 1. The highest BCUT2D eigenvalue weighted by atomic mass is 32.1. The van der Waals surface area contributed by atoms with E-state index in [0.717, 1.165) is 13.0 Å². The van der Waals surface area contributed by atoms with Crippen molar-refractivity contribution in [1.29, 1.82) is 0 Å². The van der Waals surface area contributed by atoms with Gasteiger partial charge in [0.15, 0.2) is 0 Å². The van der Waals surface area contributed by atoms with E-state index < -0.39 is 0 Å². The average Bonchev–Trinajstić information content (AvgIpc) is 2.77. The standard InChI is InChI=1S/C13H26N4S/c1-2-3-4-5-6-7-8-9-10-11-12-17-13(18)14-15-16-17/h2-12H2,1H3,(H,14,16,18). The molecule has 0 saturated carbocycles. The summed E-state index contributed by atoms with van der Waals surface area (Å²) in [7, 11) is 0. The van der Waals surface area contributed by atoms with Crippen LogP contribution in [0.4, 0.5) is 0 Å². The van der Waals surface area contributed by atoms with Gasteiger partial charge in [-0.2, -0.15) is 5.21 Å². The minimum absolute atomic E-state index is 0.561. The SMILES string of the molecule is CCCCCCCCCCCCn1[nH]nnc1=S. The number of H-pyrrole nitrogens is 1. The van der Waals surface area contributed by atoms with Crippen LogP contribution in [-0.2, 0) is 6.54 Å². The second-order valence-corrected chi connectivity index (χ2v) is 5.28. The van der Waals surface area contributed by atoms with Gasteiger partial charge in [0.05, 0.1) is 0 Å². The minimum Gasteiger partial charge on any atom is -0.242 e. The van der Waals surface area contributed by atoms with E-state index in [1.54, 1.807) is 0 Å². The first-order valence-electron chi connectivity index (χ1n) is 7.32. The molecule has 0 saturated heterocycles. The number of rotatable bonds is 11. The summed E-state index contributed by atoms with van der Waals surface area (Å²) in [6, 6.07) is 0. The van der Waals surface area contributed by atoms with Crippen LogP contribution in [0.1, 0.15) is 71.1 Å². The highest BCUT2D eigenvalue weighted by Gasteiger charge is 1.96. The highest BCUT2D eigenvalue weighted by molar-refractivity contribution is 7.71. The molecule has 18 heavy (non-hydrogen) atoms. The van der Waals surface area contributed by atoms with Crippen LogP contribution >= 0.6 is 12.2 Å². The fraction of sp³-hybridized carbons (Fsp3) is 0.923. The van der Waals surface area contributed by atoms with Gasteiger partial charge < -0.3 is 0 Å². The Morgan fingerprint density at radius 2 is 1.50 bits per heavy atom. The number of nitrogens with one attached hydrogen (secondary N) is 1. The Balaban J connectivity index is 1.84. The molecule has 0 fully saturated rings. The van der Waals surface area contributed by atoms with Gasteiger partial charge in [0.1, 0.15) is 0 Å². The van der Waals surface area contributed by atoms with Crippen LogP contribution in [0.2, 0.25) is 0 Å². The summed E-state index contributed by atoms with van der Waals surface area (Å²) < 4.78 is 2.39. The molecule has 0 amide bonds. The minimum atomic E-state index is 0.561. The number of hydrogen-bond acceptors (Lipinski definition) is 3. The van der Waals surface area contributed by atoms with E-state index in [1.807, 2.05) is 4.68 Å². The Morgan fingerprint density at radius 3 is 2.00 bits per heavy atom. The summed E-state index contributed by atoms with van der Waals surface area (Å²) in [6.07, 6.45) is 13.5. The number of aromatic amines is 1. The predicted molar refractivity (Wildman–Crippen MR) is 77.1 cm³/mol. The third-order valence-electron chi connectivity index (χ3n) is 3.27. The van der Waals surface area contributed by atoms with Gasteiger partial charge in [-0.05, 0) is 18.6 Å². The summed E-state index contributed by atoms with van der Waals surface area (Å²) in [6.45, 7) is 3.18. The Morgan fingerprint density at radius 1 is 0.944 bits per heavy atom. The number of aryl methyl sites for hydroxylation is 1. The largest absolute Gasteiger partial charge is 0.242 e. The van der Waals surface area contributed by atoms with Crippen molar-refractivity contribution in [2.75, 3.05) is 0 Å². The van der Waals surface area contributed by atoms with Crippen molar-refractivity contribution in [2.24, 2.45) is 0 Å². The smallest absolute Gasteiger partial charge is 0.238 e. The molecular weight excluding hydrogens is 244 g/mol. The lowest BCUT2D eigenvalue weighted by molar-refractivity contribution is 0.505. The molecule has 1 rings (SSSR count). The van der Waals surface area contributed by atoms with Gasteiger partial charge in [0, 0.05) is 6.54 Å².